The number of nitrogens with zero attached hydrogens (tertiary/aromatic N) is 1. The molecular formula is C20H26N2O3. The van der Waals surface area contributed by atoms with Gasteiger partial charge in [-0.1, -0.05) is 27.7 Å². The molecule has 0 aliphatic carbocycles. The first-order valence-corrected chi connectivity index (χ1v) is 8.44. The van der Waals surface area contributed by atoms with E-state index in [0.717, 1.165) is 0 Å². The minimum atomic E-state index is -0.483. The summed E-state index contributed by atoms with van der Waals surface area (Å²) in [5.41, 5.74) is 0.154. The third kappa shape index (κ3) is 5.29. The van der Waals surface area contributed by atoms with Gasteiger partial charge in [-0.25, -0.2) is 0 Å². The van der Waals surface area contributed by atoms with Crippen molar-refractivity contribution in [2.24, 2.45) is 11.3 Å². The third-order valence-corrected chi connectivity index (χ3v) is 4.12. The van der Waals surface area contributed by atoms with E-state index in [4.69, 9.17) is 4.74 Å². The number of hydrogen-bond donors (Lipinski definition) is 2. The highest BCUT2D eigenvalue weighted by molar-refractivity contribution is 5.94. The Hall–Kier alpha value is -2.40. The summed E-state index contributed by atoms with van der Waals surface area (Å²) in [6.07, 6.45) is 2.82. The van der Waals surface area contributed by atoms with Gasteiger partial charge in [0.25, 0.3) is 5.91 Å². The molecule has 0 aliphatic heterocycles. The summed E-state index contributed by atoms with van der Waals surface area (Å²) < 4.78 is 5.66. The molecule has 134 valence electrons. The lowest BCUT2D eigenvalue weighted by Gasteiger charge is -2.33. The molecule has 1 amide bonds. The Labute approximate surface area is 149 Å². The van der Waals surface area contributed by atoms with Crippen molar-refractivity contribution >= 4 is 5.91 Å². The van der Waals surface area contributed by atoms with Crippen LogP contribution in [0.25, 0.3) is 0 Å². The van der Waals surface area contributed by atoms with Crippen LogP contribution in [-0.4, -0.2) is 28.6 Å². The number of carbonyl (C=O) groups excluding carboxylic acids is 1. The van der Waals surface area contributed by atoms with Gasteiger partial charge in [-0.15, -0.1) is 0 Å². The van der Waals surface area contributed by atoms with E-state index in [1.54, 1.807) is 42.7 Å². The molecular weight excluding hydrogens is 316 g/mol. The molecule has 0 radical (unpaired) electrons. The molecule has 0 saturated heterocycles. The van der Waals surface area contributed by atoms with E-state index in [2.05, 4.69) is 10.3 Å². The highest BCUT2D eigenvalue weighted by Crippen LogP contribution is 2.25. The molecule has 0 saturated carbocycles. The smallest absolute Gasteiger partial charge is 0.251 e. The first-order chi connectivity index (χ1) is 11.8. The fourth-order valence-electron chi connectivity index (χ4n) is 2.63. The number of nitrogens with one attached hydrogen (secondary N) is 1. The maximum atomic E-state index is 12.3. The van der Waals surface area contributed by atoms with Crippen molar-refractivity contribution in [1.82, 2.24) is 10.3 Å². The van der Waals surface area contributed by atoms with E-state index in [9.17, 15) is 9.90 Å². The van der Waals surface area contributed by atoms with E-state index in [0.29, 0.717) is 23.6 Å². The van der Waals surface area contributed by atoms with Crippen molar-refractivity contribution in [2.45, 2.75) is 33.8 Å². The highest BCUT2D eigenvalue weighted by Gasteiger charge is 2.30. The van der Waals surface area contributed by atoms with E-state index < -0.39 is 11.5 Å². The van der Waals surface area contributed by atoms with Gasteiger partial charge in [-0.05, 0) is 42.3 Å². The normalized spacial score (nSPS) is 12.7. The minimum absolute atomic E-state index is 0.135. The van der Waals surface area contributed by atoms with Crippen LogP contribution in [-0.2, 0) is 0 Å². The van der Waals surface area contributed by atoms with Crippen LogP contribution in [0.5, 0.6) is 11.5 Å². The summed E-state index contributed by atoms with van der Waals surface area (Å²) in [4.78, 5) is 16.3. The molecule has 0 fully saturated rings. The van der Waals surface area contributed by atoms with Crippen LogP contribution in [0.3, 0.4) is 0 Å². The molecule has 2 aromatic rings. The summed E-state index contributed by atoms with van der Waals surface area (Å²) >= 11 is 0. The molecule has 1 heterocycles. The van der Waals surface area contributed by atoms with Crippen LogP contribution in [0.1, 0.15) is 38.1 Å². The van der Waals surface area contributed by atoms with Crippen LogP contribution in [0.15, 0.2) is 48.8 Å². The standard InChI is InChI=1S/C20H26N2O3/c1-14(2)18(23)20(3,4)13-22-19(24)15-7-9-16(10-8-15)25-17-6-5-11-21-12-17/h5-12,14,18,23H,13H2,1-4H3,(H,22,24). The summed E-state index contributed by atoms with van der Waals surface area (Å²) in [6, 6.07) is 10.5. The van der Waals surface area contributed by atoms with E-state index in [-0.39, 0.29) is 11.8 Å². The molecule has 1 aromatic carbocycles. The van der Waals surface area contributed by atoms with Gasteiger partial charge in [-0.3, -0.25) is 9.78 Å². The topological polar surface area (TPSA) is 71.5 Å². The number of aliphatic hydroxyl groups excluding tert-OH is 1. The molecule has 1 atom stereocenters. The zero-order valence-electron chi connectivity index (χ0n) is 15.2. The van der Waals surface area contributed by atoms with Gasteiger partial charge in [-0.2, -0.15) is 0 Å². The monoisotopic (exact) mass is 342 g/mol. The number of amides is 1. The number of rotatable bonds is 7. The number of carbonyl (C=O) groups is 1. The minimum Gasteiger partial charge on any atom is -0.456 e. The number of aromatic nitrogens is 1. The van der Waals surface area contributed by atoms with E-state index in [1.165, 1.54) is 0 Å². The Balaban J connectivity index is 1.94. The van der Waals surface area contributed by atoms with Crippen molar-refractivity contribution in [3.05, 3.63) is 54.4 Å². The lowest BCUT2D eigenvalue weighted by atomic mass is 9.80. The van der Waals surface area contributed by atoms with Crippen LogP contribution in [0.2, 0.25) is 0 Å². The zero-order valence-corrected chi connectivity index (χ0v) is 15.2. The van der Waals surface area contributed by atoms with Crippen LogP contribution >= 0.6 is 0 Å². The quantitative estimate of drug-likeness (QED) is 0.806. The Morgan fingerprint density at radius 3 is 2.44 bits per heavy atom. The fourth-order valence-corrected chi connectivity index (χ4v) is 2.63. The Morgan fingerprint density at radius 2 is 1.88 bits per heavy atom. The summed E-state index contributed by atoms with van der Waals surface area (Å²) in [7, 11) is 0. The molecule has 1 unspecified atom stereocenters. The van der Waals surface area contributed by atoms with Crippen molar-refractivity contribution < 1.29 is 14.6 Å². The van der Waals surface area contributed by atoms with E-state index >= 15 is 0 Å². The molecule has 0 bridgehead atoms. The second kappa shape index (κ2) is 8.12. The molecule has 0 aliphatic rings. The number of pyridine rings is 1. The zero-order chi connectivity index (χ0) is 18.4. The lowest BCUT2D eigenvalue weighted by Crippen LogP contribution is -2.43. The van der Waals surface area contributed by atoms with Crippen LogP contribution < -0.4 is 10.1 Å². The predicted octanol–water partition coefficient (Wildman–Crippen LogP) is 3.65. The van der Waals surface area contributed by atoms with Crippen molar-refractivity contribution in [3.63, 3.8) is 0 Å². The molecule has 2 N–H and O–H groups in total. The lowest BCUT2D eigenvalue weighted by molar-refractivity contribution is 0.0138. The number of hydrogen-bond acceptors (Lipinski definition) is 4. The van der Waals surface area contributed by atoms with Gasteiger partial charge >= 0.3 is 0 Å². The second-order valence-electron chi connectivity index (χ2n) is 7.18. The first-order valence-electron chi connectivity index (χ1n) is 8.44. The molecule has 2 rings (SSSR count). The van der Waals surface area contributed by atoms with Gasteiger partial charge in [0.1, 0.15) is 11.5 Å². The molecule has 25 heavy (non-hydrogen) atoms. The van der Waals surface area contributed by atoms with Crippen LogP contribution in [0, 0.1) is 11.3 Å². The SMILES string of the molecule is CC(C)C(O)C(C)(C)CNC(=O)c1ccc(Oc2cccnc2)cc1. The van der Waals surface area contributed by atoms with Gasteiger partial charge in [0.05, 0.1) is 12.3 Å². The van der Waals surface area contributed by atoms with Crippen molar-refractivity contribution in [2.75, 3.05) is 6.54 Å². The first kappa shape index (κ1) is 18.9. The van der Waals surface area contributed by atoms with Crippen molar-refractivity contribution in [3.8, 4) is 11.5 Å². The molecule has 0 spiro atoms. The number of aliphatic hydroxyl groups is 1. The maximum Gasteiger partial charge on any atom is 0.251 e. The van der Waals surface area contributed by atoms with Gasteiger partial charge in [0, 0.05) is 23.7 Å². The number of benzene rings is 1. The van der Waals surface area contributed by atoms with Crippen LogP contribution in [0.4, 0.5) is 0 Å². The average molecular weight is 342 g/mol. The molecule has 5 nitrogen and oxygen atoms in total. The largest absolute Gasteiger partial charge is 0.456 e. The Morgan fingerprint density at radius 1 is 1.20 bits per heavy atom. The maximum absolute atomic E-state index is 12.3. The second-order valence-corrected chi connectivity index (χ2v) is 7.18. The average Bonchev–Trinajstić information content (AvgIpc) is 2.60. The predicted molar refractivity (Wildman–Crippen MR) is 97.7 cm³/mol. The molecule has 5 heteroatoms. The highest BCUT2D eigenvalue weighted by atomic mass is 16.5. The van der Waals surface area contributed by atoms with Gasteiger partial charge < -0.3 is 15.2 Å². The third-order valence-electron chi connectivity index (χ3n) is 4.12. The Bertz CT molecular complexity index is 682. The summed E-state index contributed by atoms with van der Waals surface area (Å²) in [5.74, 6) is 1.25. The van der Waals surface area contributed by atoms with E-state index in [1.807, 2.05) is 33.8 Å². The Kier molecular flexibility index (Phi) is 6.15. The van der Waals surface area contributed by atoms with Crippen molar-refractivity contribution in [1.29, 1.82) is 0 Å². The summed E-state index contributed by atoms with van der Waals surface area (Å²) in [6.45, 7) is 8.23. The summed E-state index contributed by atoms with van der Waals surface area (Å²) in [5, 5.41) is 13.1. The molecule has 1 aromatic heterocycles. The fraction of sp³-hybridized carbons (Fsp3) is 0.400. The number of ether oxygens (including phenoxy) is 1. The van der Waals surface area contributed by atoms with Gasteiger partial charge in [0.15, 0.2) is 0 Å². The van der Waals surface area contributed by atoms with Gasteiger partial charge in [0.2, 0.25) is 0 Å².